The number of ether oxygens (including phenoxy) is 1. The third kappa shape index (κ3) is 5.95. The minimum Gasteiger partial charge on any atom is -0.384 e. The molecule has 6 heteroatoms. The summed E-state index contributed by atoms with van der Waals surface area (Å²) in [4.78, 5) is 12.1. The van der Waals surface area contributed by atoms with Gasteiger partial charge in [-0.25, -0.2) is 4.79 Å². The van der Waals surface area contributed by atoms with Gasteiger partial charge in [0.15, 0.2) is 0 Å². The summed E-state index contributed by atoms with van der Waals surface area (Å²) < 4.78 is 16.8. The van der Waals surface area contributed by atoms with Gasteiger partial charge in [-0.1, -0.05) is 25.5 Å². The average molecular weight is 338 g/mol. The lowest BCUT2D eigenvalue weighted by atomic mass is 10.1. The van der Waals surface area contributed by atoms with Gasteiger partial charge < -0.3 is 15.4 Å². The highest BCUT2D eigenvalue weighted by Gasteiger charge is 2.24. The van der Waals surface area contributed by atoms with Gasteiger partial charge in [0.25, 0.3) is 0 Å². The topological polar surface area (TPSA) is 67.4 Å². The van der Waals surface area contributed by atoms with Crippen LogP contribution in [-0.4, -0.2) is 35.8 Å². The Morgan fingerprint density at radius 3 is 2.91 bits per heavy atom. The Morgan fingerprint density at radius 2 is 2.22 bits per heavy atom. The fourth-order valence-electron chi connectivity index (χ4n) is 2.87. The zero-order valence-corrected chi connectivity index (χ0v) is 14.7. The van der Waals surface area contributed by atoms with Crippen molar-refractivity contribution < 1.29 is 13.7 Å². The van der Waals surface area contributed by atoms with Crippen LogP contribution in [0.25, 0.3) is 0 Å². The second-order valence-electron chi connectivity index (χ2n) is 6.09. The van der Waals surface area contributed by atoms with Gasteiger partial charge in [0.2, 0.25) is 0 Å². The van der Waals surface area contributed by atoms with Crippen LogP contribution in [0.5, 0.6) is 0 Å². The average Bonchev–Trinajstić information content (AvgIpc) is 2.90. The van der Waals surface area contributed by atoms with Crippen molar-refractivity contribution in [2.24, 2.45) is 5.92 Å². The SMILES string of the molecule is COCC[S@@](=O)Cc1cccc(NC(=O)N[C@@H]2CCC[C@@H]2C)c1. The molecule has 128 valence electrons. The summed E-state index contributed by atoms with van der Waals surface area (Å²) in [6, 6.07) is 7.62. The first-order valence-electron chi connectivity index (χ1n) is 8.09. The molecule has 0 aliphatic heterocycles. The van der Waals surface area contributed by atoms with E-state index in [1.54, 1.807) is 7.11 Å². The van der Waals surface area contributed by atoms with E-state index in [0.717, 1.165) is 17.7 Å². The number of amides is 2. The van der Waals surface area contributed by atoms with Gasteiger partial charge in [0.05, 0.1) is 6.61 Å². The molecular weight excluding hydrogens is 312 g/mol. The number of hydrogen-bond donors (Lipinski definition) is 2. The third-order valence-electron chi connectivity index (χ3n) is 4.21. The number of nitrogens with one attached hydrogen (secondary N) is 2. The molecule has 23 heavy (non-hydrogen) atoms. The van der Waals surface area contributed by atoms with Crippen molar-refractivity contribution in [3.8, 4) is 0 Å². The molecule has 0 heterocycles. The van der Waals surface area contributed by atoms with Gasteiger partial charge in [-0.15, -0.1) is 0 Å². The molecule has 0 unspecified atom stereocenters. The van der Waals surface area contributed by atoms with Crippen molar-refractivity contribution in [3.63, 3.8) is 0 Å². The van der Waals surface area contributed by atoms with Gasteiger partial charge in [-0.3, -0.25) is 4.21 Å². The lowest BCUT2D eigenvalue weighted by Gasteiger charge is -2.18. The summed E-state index contributed by atoms with van der Waals surface area (Å²) >= 11 is 0. The molecule has 2 N–H and O–H groups in total. The molecule has 1 aliphatic rings. The Balaban J connectivity index is 1.86. The predicted octanol–water partition coefficient (Wildman–Crippen LogP) is 2.89. The van der Waals surface area contributed by atoms with E-state index in [1.807, 2.05) is 24.3 Å². The van der Waals surface area contributed by atoms with E-state index < -0.39 is 10.8 Å². The van der Waals surface area contributed by atoms with E-state index in [9.17, 15) is 9.00 Å². The van der Waals surface area contributed by atoms with Gasteiger partial charge in [0, 0.05) is 41.1 Å². The Kier molecular flexibility index (Phi) is 7.05. The summed E-state index contributed by atoms with van der Waals surface area (Å²) in [5.74, 6) is 1.53. The highest BCUT2D eigenvalue weighted by molar-refractivity contribution is 7.84. The van der Waals surface area contributed by atoms with Crippen molar-refractivity contribution in [1.29, 1.82) is 0 Å². The van der Waals surface area contributed by atoms with Crippen molar-refractivity contribution in [2.45, 2.75) is 38.0 Å². The molecule has 0 aromatic heterocycles. The largest absolute Gasteiger partial charge is 0.384 e. The zero-order chi connectivity index (χ0) is 16.7. The summed E-state index contributed by atoms with van der Waals surface area (Å²) in [5.41, 5.74) is 1.68. The van der Waals surface area contributed by atoms with Crippen LogP contribution in [0.3, 0.4) is 0 Å². The predicted molar refractivity (Wildman–Crippen MR) is 94.0 cm³/mol. The number of methoxy groups -OCH3 is 1. The summed E-state index contributed by atoms with van der Waals surface area (Å²) in [6.45, 7) is 2.67. The van der Waals surface area contributed by atoms with Crippen LogP contribution in [0.15, 0.2) is 24.3 Å². The number of rotatable bonds is 7. The minimum absolute atomic E-state index is 0.165. The Hall–Kier alpha value is -1.40. The Bertz CT molecular complexity index is 550. The van der Waals surface area contributed by atoms with Crippen LogP contribution in [0.4, 0.5) is 10.5 Å². The van der Waals surface area contributed by atoms with E-state index >= 15 is 0 Å². The Morgan fingerprint density at radius 1 is 1.39 bits per heavy atom. The molecule has 0 bridgehead atoms. The molecular formula is C17H26N2O3S. The molecule has 0 radical (unpaired) electrons. The van der Waals surface area contributed by atoms with Crippen LogP contribution < -0.4 is 10.6 Å². The van der Waals surface area contributed by atoms with Crippen LogP contribution >= 0.6 is 0 Å². The van der Waals surface area contributed by atoms with E-state index in [4.69, 9.17) is 4.74 Å². The van der Waals surface area contributed by atoms with E-state index in [1.165, 1.54) is 12.8 Å². The number of anilines is 1. The maximum Gasteiger partial charge on any atom is 0.319 e. The highest BCUT2D eigenvalue weighted by atomic mass is 32.2. The molecule has 1 saturated carbocycles. The second kappa shape index (κ2) is 9.03. The van der Waals surface area contributed by atoms with E-state index in [2.05, 4.69) is 17.6 Å². The molecule has 1 aromatic rings. The van der Waals surface area contributed by atoms with E-state index in [0.29, 0.717) is 24.0 Å². The molecule has 2 rings (SSSR count). The standard InChI is InChI=1S/C17H26N2O3S/c1-13-5-3-8-16(13)19-17(20)18-15-7-4-6-14(11-15)12-23(21)10-9-22-2/h4,6-7,11,13,16H,3,5,8-10,12H2,1-2H3,(H2,18,19,20)/t13-,16+,23+/m0/s1. The molecule has 1 aliphatic carbocycles. The number of benzene rings is 1. The molecule has 1 fully saturated rings. The fourth-order valence-corrected chi connectivity index (χ4v) is 3.92. The number of urea groups is 1. The lowest BCUT2D eigenvalue weighted by molar-refractivity contribution is 0.218. The Labute approximate surface area is 140 Å². The van der Waals surface area contributed by atoms with Crippen molar-refractivity contribution >= 4 is 22.5 Å². The molecule has 5 nitrogen and oxygen atoms in total. The smallest absolute Gasteiger partial charge is 0.319 e. The maximum absolute atomic E-state index is 12.1. The van der Waals surface area contributed by atoms with Gasteiger partial charge in [-0.05, 0) is 36.5 Å². The second-order valence-corrected chi connectivity index (χ2v) is 7.67. The molecule has 1 aromatic carbocycles. The first-order chi connectivity index (χ1) is 11.1. The third-order valence-corrected chi connectivity index (χ3v) is 5.48. The zero-order valence-electron chi connectivity index (χ0n) is 13.8. The number of hydrogen-bond acceptors (Lipinski definition) is 3. The van der Waals surface area contributed by atoms with E-state index in [-0.39, 0.29) is 12.1 Å². The first-order valence-corrected chi connectivity index (χ1v) is 9.57. The maximum atomic E-state index is 12.1. The van der Waals surface area contributed by atoms with Crippen molar-refractivity contribution in [3.05, 3.63) is 29.8 Å². The fraction of sp³-hybridized carbons (Fsp3) is 0.588. The summed E-state index contributed by atoms with van der Waals surface area (Å²) in [5, 5.41) is 5.91. The molecule has 0 saturated heterocycles. The molecule has 0 spiro atoms. The van der Waals surface area contributed by atoms with Crippen molar-refractivity contribution in [1.82, 2.24) is 5.32 Å². The van der Waals surface area contributed by atoms with Crippen molar-refractivity contribution in [2.75, 3.05) is 24.8 Å². The van der Waals surface area contributed by atoms with Crippen LogP contribution in [0, 0.1) is 5.92 Å². The number of carbonyl (C=O) groups excluding carboxylic acids is 1. The van der Waals surface area contributed by atoms with Crippen LogP contribution in [0.2, 0.25) is 0 Å². The minimum atomic E-state index is -0.954. The molecule has 2 amide bonds. The summed E-state index contributed by atoms with van der Waals surface area (Å²) in [7, 11) is 0.649. The quantitative estimate of drug-likeness (QED) is 0.803. The first kappa shape index (κ1) is 17.9. The van der Waals surface area contributed by atoms with Gasteiger partial charge >= 0.3 is 6.03 Å². The normalized spacial score (nSPS) is 21.8. The highest BCUT2D eigenvalue weighted by Crippen LogP contribution is 2.24. The van der Waals surface area contributed by atoms with Gasteiger partial charge in [0.1, 0.15) is 0 Å². The number of carbonyl (C=O) groups is 1. The molecule has 3 atom stereocenters. The lowest BCUT2D eigenvalue weighted by Crippen LogP contribution is -2.39. The van der Waals surface area contributed by atoms with Crippen LogP contribution in [0.1, 0.15) is 31.7 Å². The van der Waals surface area contributed by atoms with Gasteiger partial charge in [-0.2, -0.15) is 0 Å². The van der Waals surface area contributed by atoms with Crippen LogP contribution in [-0.2, 0) is 21.3 Å². The monoisotopic (exact) mass is 338 g/mol. The summed E-state index contributed by atoms with van der Waals surface area (Å²) in [6.07, 6.45) is 3.40.